The van der Waals surface area contributed by atoms with E-state index in [0.717, 1.165) is 19.3 Å². The largest absolute Gasteiger partial charge is 0.369 e. The molecule has 0 aromatic heterocycles. The van der Waals surface area contributed by atoms with E-state index in [2.05, 4.69) is 37.5 Å². The number of benzene rings is 2. The molecule has 0 heterocycles. The number of aliphatic imine (C=N–C) groups is 4. The summed E-state index contributed by atoms with van der Waals surface area (Å²) in [6.07, 6.45) is 2.94. The van der Waals surface area contributed by atoms with Gasteiger partial charge in [-0.3, -0.25) is 0 Å². The first-order valence-electron chi connectivity index (χ1n) is 10.6. The molecule has 0 fully saturated rings. The first kappa shape index (κ1) is 26.7. The van der Waals surface area contributed by atoms with E-state index in [4.69, 9.17) is 46.1 Å². The van der Waals surface area contributed by atoms with Gasteiger partial charge in [-0.05, 0) is 61.4 Å². The number of nitrogens with zero attached hydrogens (tertiary/aromatic N) is 4. The van der Waals surface area contributed by atoms with Gasteiger partial charge in [0.25, 0.3) is 0 Å². The normalized spacial score (nSPS) is 14.1. The summed E-state index contributed by atoms with van der Waals surface area (Å²) in [5.41, 5.74) is 25.2. The van der Waals surface area contributed by atoms with E-state index in [1.807, 2.05) is 0 Å². The maximum Gasteiger partial charge on any atom is 0.220 e. The molecular weight excluding hydrogens is 475 g/mol. The van der Waals surface area contributed by atoms with E-state index in [1.165, 1.54) is 0 Å². The van der Waals surface area contributed by atoms with E-state index in [0.29, 0.717) is 27.8 Å². The molecular formula is C22H30Cl2N10. The molecule has 0 spiro atoms. The first-order valence-corrected chi connectivity index (χ1v) is 11.4. The van der Waals surface area contributed by atoms with Gasteiger partial charge in [0.05, 0.1) is 0 Å². The summed E-state index contributed by atoms with van der Waals surface area (Å²) in [7, 11) is 0. The van der Waals surface area contributed by atoms with Crippen LogP contribution < -0.4 is 33.6 Å². The van der Waals surface area contributed by atoms with E-state index in [1.54, 1.807) is 48.5 Å². The van der Waals surface area contributed by atoms with Gasteiger partial charge in [-0.25, -0.2) is 9.98 Å². The van der Waals surface area contributed by atoms with Crippen LogP contribution in [0.1, 0.15) is 32.6 Å². The molecule has 0 saturated heterocycles. The average Bonchev–Trinajstić information content (AvgIpc) is 2.76. The smallest absolute Gasteiger partial charge is 0.220 e. The molecule has 0 amide bonds. The highest BCUT2D eigenvalue weighted by Crippen LogP contribution is 2.14. The van der Waals surface area contributed by atoms with Gasteiger partial charge in [-0.1, -0.05) is 43.0 Å². The Labute approximate surface area is 209 Å². The lowest BCUT2D eigenvalue weighted by molar-refractivity contribution is 0.577. The lowest BCUT2D eigenvalue weighted by Crippen LogP contribution is -2.28. The van der Waals surface area contributed by atoms with Gasteiger partial charge in [0.1, 0.15) is 6.17 Å². The highest BCUT2D eigenvalue weighted by molar-refractivity contribution is 6.31. The molecule has 0 bridgehead atoms. The van der Waals surface area contributed by atoms with Crippen LogP contribution in [-0.2, 0) is 0 Å². The number of anilines is 2. The lowest BCUT2D eigenvalue weighted by atomic mass is 10.2. The van der Waals surface area contributed by atoms with Crippen LogP contribution in [-0.4, -0.2) is 30.0 Å². The second kappa shape index (κ2) is 13.9. The molecule has 2 aromatic carbocycles. The third-order valence-electron chi connectivity index (χ3n) is 4.33. The molecule has 0 saturated carbocycles. The van der Waals surface area contributed by atoms with Gasteiger partial charge < -0.3 is 33.6 Å². The minimum Gasteiger partial charge on any atom is -0.369 e. The predicted molar refractivity (Wildman–Crippen MR) is 145 cm³/mol. The van der Waals surface area contributed by atoms with Crippen molar-refractivity contribution >= 4 is 58.4 Å². The molecule has 12 heteroatoms. The lowest BCUT2D eigenvalue weighted by Gasteiger charge is -2.10. The summed E-state index contributed by atoms with van der Waals surface area (Å²) in [5.74, 6) is 0.0472. The molecule has 0 unspecified atom stereocenters. The maximum atomic E-state index is 5.98. The number of rotatable bonds is 8. The second-order valence-electron chi connectivity index (χ2n) is 7.21. The summed E-state index contributed by atoms with van der Waals surface area (Å²) in [5, 5.41) is 7.04. The van der Waals surface area contributed by atoms with Crippen LogP contribution in [0.5, 0.6) is 0 Å². The Morgan fingerprint density at radius 2 is 1.15 bits per heavy atom. The van der Waals surface area contributed by atoms with Gasteiger partial charge in [-0.2, -0.15) is 9.98 Å². The zero-order chi connectivity index (χ0) is 24.9. The van der Waals surface area contributed by atoms with Crippen molar-refractivity contribution in [1.82, 2.24) is 0 Å². The molecule has 2 rings (SSSR count). The van der Waals surface area contributed by atoms with E-state index < -0.39 is 6.17 Å². The molecule has 0 aliphatic carbocycles. The van der Waals surface area contributed by atoms with Crippen molar-refractivity contribution in [1.29, 1.82) is 0 Å². The Hall–Kier alpha value is -3.50. The Balaban J connectivity index is 2.11. The molecule has 2 aromatic rings. The minimum atomic E-state index is -0.592. The first-order chi connectivity index (χ1) is 16.2. The topological polar surface area (TPSA) is 178 Å². The predicted octanol–water partition coefficient (Wildman–Crippen LogP) is 3.68. The fourth-order valence-electron chi connectivity index (χ4n) is 2.76. The molecule has 10 N–H and O–H groups in total. The minimum absolute atomic E-state index is 0.0479. The fourth-order valence-corrected chi connectivity index (χ4v) is 3.01. The van der Waals surface area contributed by atoms with Crippen molar-refractivity contribution in [3.05, 3.63) is 58.6 Å². The second-order valence-corrected chi connectivity index (χ2v) is 8.08. The molecule has 0 aliphatic heterocycles. The number of nitrogens with one attached hydrogen (secondary N) is 2. The SMILES string of the molecule is CCCCCC(N=C(N)N=C(N)Nc1ccc(Cl)cc1)N=C(N)N=C(N)Nc1ccc(Cl)cc1. The quantitative estimate of drug-likeness (QED) is 0.181. The summed E-state index contributed by atoms with van der Waals surface area (Å²) in [4.78, 5) is 16.8. The van der Waals surface area contributed by atoms with E-state index in [-0.39, 0.29) is 23.8 Å². The Morgan fingerprint density at radius 3 is 1.53 bits per heavy atom. The number of unbranched alkanes of at least 4 members (excludes halogenated alkanes) is 2. The number of guanidine groups is 4. The zero-order valence-electron chi connectivity index (χ0n) is 18.9. The molecule has 0 radical (unpaired) electrons. The van der Waals surface area contributed by atoms with Crippen molar-refractivity contribution in [2.45, 2.75) is 38.8 Å². The third kappa shape index (κ3) is 10.4. The van der Waals surface area contributed by atoms with E-state index >= 15 is 0 Å². The molecule has 0 aliphatic rings. The highest BCUT2D eigenvalue weighted by Gasteiger charge is 2.08. The standard InChI is InChI=1S/C22H30Cl2N10/c1-2-3-4-5-18(31-21(27)33-19(25)29-16-10-6-14(23)7-11-16)32-22(28)34-20(26)30-17-12-8-15(24)9-13-17/h6-13,18H,2-5H2,1H3,(H5,25,27,29,31,33)(H5,26,28,30,32,34). The van der Waals surface area contributed by atoms with Crippen LogP contribution in [0.15, 0.2) is 68.5 Å². The summed E-state index contributed by atoms with van der Waals surface area (Å²) < 4.78 is 0. The molecule has 34 heavy (non-hydrogen) atoms. The summed E-state index contributed by atoms with van der Waals surface area (Å²) in [6, 6.07) is 13.9. The zero-order valence-corrected chi connectivity index (χ0v) is 20.4. The molecule has 182 valence electrons. The summed E-state index contributed by atoms with van der Waals surface area (Å²) in [6.45, 7) is 2.10. The van der Waals surface area contributed by atoms with E-state index in [9.17, 15) is 0 Å². The van der Waals surface area contributed by atoms with Crippen LogP contribution in [0, 0.1) is 0 Å². The van der Waals surface area contributed by atoms with Crippen LogP contribution in [0.25, 0.3) is 0 Å². The number of hydrogen-bond donors (Lipinski definition) is 6. The van der Waals surface area contributed by atoms with Crippen LogP contribution >= 0.6 is 23.2 Å². The molecule has 0 atom stereocenters. The van der Waals surface area contributed by atoms with Crippen LogP contribution in [0.3, 0.4) is 0 Å². The van der Waals surface area contributed by atoms with Crippen molar-refractivity contribution in [2.24, 2.45) is 42.9 Å². The Bertz CT molecular complexity index is 951. The summed E-state index contributed by atoms with van der Waals surface area (Å²) >= 11 is 11.8. The van der Waals surface area contributed by atoms with Crippen molar-refractivity contribution < 1.29 is 0 Å². The number of nitrogens with two attached hydrogens (primary N) is 4. The average molecular weight is 505 g/mol. The van der Waals surface area contributed by atoms with Gasteiger partial charge in [0.2, 0.25) is 23.8 Å². The number of halogens is 2. The van der Waals surface area contributed by atoms with Crippen molar-refractivity contribution in [3.8, 4) is 0 Å². The van der Waals surface area contributed by atoms with Gasteiger partial charge in [0, 0.05) is 21.4 Å². The Kier molecular flexibility index (Phi) is 10.9. The van der Waals surface area contributed by atoms with Crippen molar-refractivity contribution in [2.75, 3.05) is 10.6 Å². The highest BCUT2D eigenvalue weighted by atomic mass is 35.5. The van der Waals surface area contributed by atoms with Crippen molar-refractivity contribution in [3.63, 3.8) is 0 Å². The number of hydrogen-bond acceptors (Lipinski definition) is 2. The monoisotopic (exact) mass is 504 g/mol. The maximum absolute atomic E-state index is 5.98. The molecule has 10 nitrogen and oxygen atoms in total. The third-order valence-corrected chi connectivity index (χ3v) is 4.84. The Morgan fingerprint density at radius 1 is 0.735 bits per heavy atom. The fraction of sp³-hybridized carbons (Fsp3) is 0.273. The van der Waals surface area contributed by atoms with Crippen LogP contribution in [0.4, 0.5) is 11.4 Å². The van der Waals surface area contributed by atoms with Gasteiger partial charge >= 0.3 is 0 Å². The van der Waals surface area contributed by atoms with Gasteiger partial charge in [-0.15, -0.1) is 0 Å². The van der Waals surface area contributed by atoms with Gasteiger partial charge in [0.15, 0.2) is 0 Å². The van der Waals surface area contributed by atoms with Crippen LogP contribution in [0.2, 0.25) is 10.0 Å².